The minimum Gasteiger partial charge on any atom is -0.352 e. The lowest BCUT2D eigenvalue weighted by atomic mass is 10.1. The quantitative estimate of drug-likeness (QED) is 0.730. The lowest BCUT2D eigenvalue weighted by Gasteiger charge is -2.13. The van der Waals surface area contributed by atoms with Crippen LogP contribution >= 0.6 is 11.6 Å². The van der Waals surface area contributed by atoms with Gasteiger partial charge < -0.3 is 16.0 Å². The molecule has 0 spiro atoms. The number of hydrogen-bond acceptors (Lipinski definition) is 3. The van der Waals surface area contributed by atoms with Gasteiger partial charge in [0.15, 0.2) is 0 Å². The highest BCUT2D eigenvalue weighted by molar-refractivity contribution is 6.33. The van der Waals surface area contributed by atoms with Gasteiger partial charge in [-0.25, -0.2) is 0 Å². The van der Waals surface area contributed by atoms with Crippen molar-refractivity contribution in [2.24, 2.45) is 5.92 Å². The first-order valence-corrected chi connectivity index (χ1v) is 9.10. The second-order valence-electron chi connectivity index (χ2n) is 6.47. The van der Waals surface area contributed by atoms with Crippen LogP contribution in [0.25, 0.3) is 0 Å². The molecule has 2 amide bonds. The molecule has 1 saturated heterocycles. The van der Waals surface area contributed by atoms with E-state index in [-0.39, 0.29) is 17.9 Å². The molecule has 0 radical (unpaired) electrons. The highest BCUT2D eigenvalue weighted by Gasteiger charge is 2.25. The average molecular weight is 372 g/mol. The number of hydrogen-bond donors (Lipinski definition) is 3. The summed E-state index contributed by atoms with van der Waals surface area (Å²) < 4.78 is 0. The molecule has 1 aliphatic rings. The Morgan fingerprint density at radius 2 is 1.65 bits per heavy atom. The Kier molecular flexibility index (Phi) is 6.26. The summed E-state index contributed by atoms with van der Waals surface area (Å²) in [6, 6.07) is 16.4. The highest BCUT2D eigenvalue weighted by Crippen LogP contribution is 2.16. The Hall–Kier alpha value is -2.37. The van der Waals surface area contributed by atoms with Gasteiger partial charge in [-0.1, -0.05) is 41.9 Å². The molecule has 5 nitrogen and oxygen atoms in total. The number of carbonyl (C=O) groups is 2. The normalized spacial score (nSPS) is 19.1. The van der Waals surface area contributed by atoms with E-state index in [9.17, 15) is 9.59 Å². The van der Waals surface area contributed by atoms with Crippen LogP contribution in [-0.4, -0.2) is 37.5 Å². The molecule has 3 N–H and O–H groups in total. The van der Waals surface area contributed by atoms with E-state index in [0.29, 0.717) is 35.2 Å². The smallest absolute Gasteiger partial charge is 0.252 e. The minimum absolute atomic E-state index is 0.0546. The molecule has 1 aliphatic heterocycles. The van der Waals surface area contributed by atoms with Gasteiger partial charge in [-0.2, -0.15) is 0 Å². The van der Waals surface area contributed by atoms with Crippen molar-refractivity contribution >= 4 is 23.4 Å². The fraction of sp³-hybridized carbons (Fsp3) is 0.300. The molecular weight excluding hydrogens is 350 g/mol. The van der Waals surface area contributed by atoms with Crippen molar-refractivity contribution < 1.29 is 9.59 Å². The molecule has 1 fully saturated rings. The van der Waals surface area contributed by atoms with Crippen LogP contribution in [0.1, 0.15) is 27.1 Å². The average Bonchev–Trinajstić information content (AvgIpc) is 3.13. The predicted octanol–water partition coefficient (Wildman–Crippen LogP) is 2.48. The number of amides is 2. The SMILES string of the molecule is O=C(NC[C@@H]1CN[C@H](CNC(=O)c2ccccc2Cl)C1)c1ccccc1. The van der Waals surface area contributed by atoms with Crippen molar-refractivity contribution in [2.45, 2.75) is 12.5 Å². The van der Waals surface area contributed by atoms with Gasteiger partial charge in [0.2, 0.25) is 0 Å². The summed E-state index contributed by atoms with van der Waals surface area (Å²) in [5.74, 6) is 0.129. The molecule has 0 aromatic heterocycles. The fourth-order valence-electron chi connectivity index (χ4n) is 3.10. The lowest BCUT2D eigenvalue weighted by molar-refractivity contribution is 0.0943. The Bertz CT molecular complexity index is 767. The van der Waals surface area contributed by atoms with E-state index < -0.39 is 0 Å². The zero-order chi connectivity index (χ0) is 18.4. The van der Waals surface area contributed by atoms with Gasteiger partial charge in [0.1, 0.15) is 0 Å². The van der Waals surface area contributed by atoms with Crippen molar-refractivity contribution in [1.82, 2.24) is 16.0 Å². The monoisotopic (exact) mass is 371 g/mol. The first-order valence-electron chi connectivity index (χ1n) is 8.73. The van der Waals surface area contributed by atoms with Gasteiger partial charge in [-0.05, 0) is 36.6 Å². The standard InChI is InChI=1S/C20H22ClN3O2/c21-18-9-5-4-8-17(18)20(26)24-13-16-10-14(11-22-16)12-23-19(25)15-6-2-1-3-7-15/h1-9,14,16,22H,10-13H2,(H,23,25)(H,24,26)/t14-,16-/m0/s1. The summed E-state index contributed by atoms with van der Waals surface area (Å²) in [7, 11) is 0. The van der Waals surface area contributed by atoms with E-state index in [1.807, 2.05) is 18.2 Å². The van der Waals surface area contributed by atoms with Gasteiger partial charge in [-0.15, -0.1) is 0 Å². The van der Waals surface area contributed by atoms with Gasteiger partial charge >= 0.3 is 0 Å². The molecule has 0 saturated carbocycles. The molecule has 2 atom stereocenters. The summed E-state index contributed by atoms with van der Waals surface area (Å²) in [6.45, 7) is 1.98. The summed E-state index contributed by atoms with van der Waals surface area (Å²) >= 11 is 6.04. The molecule has 0 aliphatic carbocycles. The number of carbonyl (C=O) groups excluding carboxylic acids is 2. The zero-order valence-corrected chi connectivity index (χ0v) is 15.1. The van der Waals surface area contributed by atoms with E-state index in [1.165, 1.54) is 0 Å². The molecule has 0 bridgehead atoms. The van der Waals surface area contributed by atoms with Crippen molar-refractivity contribution in [2.75, 3.05) is 19.6 Å². The minimum atomic E-state index is -0.168. The maximum absolute atomic E-state index is 12.2. The van der Waals surface area contributed by atoms with Crippen LogP contribution < -0.4 is 16.0 Å². The summed E-state index contributed by atoms with van der Waals surface area (Å²) in [5.41, 5.74) is 1.15. The maximum atomic E-state index is 12.2. The zero-order valence-electron chi connectivity index (χ0n) is 14.4. The molecule has 6 heteroatoms. The van der Waals surface area contributed by atoms with E-state index in [2.05, 4.69) is 16.0 Å². The van der Waals surface area contributed by atoms with E-state index in [4.69, 9.17) is 11.6 Å². The van der Waals surface area contributed by atoms with Gasteiger partial charge in [0, 0.05) is 31.2 Å². The second kappa shape index (κ2) is 8.83. The highest BCUT2D eigenvalue weighted by atomic mass is 35.5. The third kappa shape index (κ3) is 4.84. The summed E-state index contributed by atoms with van der Waals surface area (Å²) in [4.78, 5) is 24.3. The third-order valence-corrected chi connectivity index (χ3v) is 4.86. The molecule has 136 valence electrons. The van der Waals surface area contributed by atoms with Crippen LogP contribution in [0.5, 0.6) is 0 Å². The summed E-state index contributed by atoms with van der Waals surface area (Å²) in [5, 5.41) is 9.74. The van der Waals surface area contributed by atoms with E-state index in [1.54, 1.807) is 36.4 Å². The Morgan fingerprint density at radius 3 is 2.42 bits per heavy atom. The maximum Gasteiger partial charge on any atom is 0.252 e. The molecule has 0 unspecified atom stereocenters. The topological polar surface area (TPSA) is 70.2 Å². The van der Waals surface area contributed by atoms with Gasteiger partial charge in [0.25, 0.3) is 11.8 Å². The van der Waals surface area contributed by atoms with E-state index in [0.717, 1.165) is 13.0 Å². The van der Waals surface area contributed by atoms with Crippen LogP contribution in [0.15, 0.2) is 54.6 Å². The Morgan fingerprint density at radius 1 is 0.962 bits per heavy atom. The van der Waals surface area contributed by atoms with Crippen molar-refractivity contribution in [1.29, 1.82) is 0 Å². The van der Waals surface area contributed by atoms with Gasteiger partial charge in [0.05, 0.1) is 10.6 Å². The van der Waals surface area contributed by atoms with Crippen molar-refractivity contribution in [3.63, 3.8) is 0 Å². The van der Waals surface area contributed by atoms with Crippen LogP contribution in [0.4, 0.5) is 0 Å². The second-order valence-corrected chi connectivity index (χ2v) is 6.88. The summed E-state index contributed by atoms with van der Waals surface area (Å²) in [6.07, 6.45) is 0.901. The van der Waals surface area contributed by atoms with Crippen molar-refractivity contribution in [3.8, 4) is 0 Å². The number of benzene rings is 2. The largest absolute Gasteiger partial charge is 0.352 e. The lowest BCUT2D eigenvalue weighted by Crippen LogP contribution is -2.37. The molecular formula is C20H22ClN3O2. The predicted molar refractivity (Wildman–Crippen MR) is 102 cm³/mol. The van der Waals surface area contributed by atoms with Crippen molar-refractivity contribution in [3.05, 3.63) is 70.7 Å². The molecule has 2 aromatic carbocycles. The van der Waals surface area contributed by atoms with Crippen LogP contribution in [0, 0.1) is 5.92 Å². The first kappa shape index (κ1) is 18.4. The van der Waals surface area contributed by atoms with Gasteiger partial charge in [-0.3, -0.25) is 9.59 Å². The Labute approximate surface area is 158 Å². The number of halogens is 1. The van der Waals surface area contributed by atoms with Crippen LogP contribution in [0.2, 0.25) is 5.02 Å². The van der Waals surface area contributed by atoms with E-state index >= 15 is 0 Å². The Balaban J connectivity index is 1.41. The molecule has 3 rings (SSSR count). The number of nitrogens with one attached hydrogen (secondary N) is 3. The van der Waals surface area contributed by atoms with Crippen LogP contribution in [0.3, 0.4) is 0 Å². The fourth-order valence-corrected chi connectivity index (χ4v) is 3.32. The molecule has 1 heterocycles. The molecule has 26 heavy (non-hydrogen) atoms. The third-order valence-electron chi connectivity index (χ3n) is 4.53. The first-order chi connectivity index (χ1) is 12.6. The van der Waals surface area contributed by atoms with Crippen LogP contribution in [-0.2, 0) is 0 Å². The molecule has 2 aromatic rings. The number of rotatable bonds is 6.